The van der Waals surface area contributed by atoms with E-state index in [0.717, 1.165) is 5.75 Å². The molecule has 3 heteroatoms. The zero-order valence-corrected chi connectivity index (χ0v) is 15.3. The van der Waals surface area contributed by atoms with Crippen LogP contribution in [0.4, 0.5) is 0 Å². The number of hydrogen-bond donors (Lipinski definition) is 0. The van der Waals surface area contributed by atoms with Crippen molar-refractivity contribution in [1.29, 1.82) is 0 Å². The van der Waals surface area contributed by atoms with Gasteiger partial charge in [-0.3, -0.25) is 0 Å². The Morgan fingerprint density at radius 2 is 1.67 bits per heavy atom. The van der Waals surface area contributed by atoms with E-state index in [2.05, 4.69) is 60.2 Å². The van der Waals surface area contributed by atoms with E-state index < -0.39 is 0 Å². The monoisotopic (exact) mass is 379 g/mol. The summed E-state index contributed by atoms with van der Waals surface area (Å²) in [6.07, 6.45) is 1.96. The first-order valence-corrected chi connectivity index (χ1v) is 9.72. The number of rotatable bonds is 3. The fourth-order valence-corrected chi connectivity index (χ4v) is 4.85. The minimum absolute atomic E-state index is 0.339. The Morgan fingerprint density at radius 3 is 2.42 bits per heavy atom. The van der Waals surface area contributed by atoms with Crippen molar-refractivity contribution in [2.24, 2.45) is 0 Å². The SMILES string of the molecule is Cc1cc(C)cc(Oc2cc3c(-c4ccccc4)c[se]c3cn2)c1. The predicted molar refractivity (Wildman–Crippen MR) is 100 cm³/mol. The summed E-state index contributed by atoms with van der Waals surface area (Å²) in [5, 5.41) is 1.25. The molecule has 4 rings (SSSR count). The Morgan fingerprint density at radius 1 is 0.917 bits per heavy atom. The fourth-order valence-electron chi connectivity index (χ4n) is 2.92. The average Bonchev–Trinajstić information content (AvgIpc) is 2.98. The first-order chi connectivity index (χ1) is 11.7. The number of ether oxygens (including phenoxy) is 1. The van der Waals surface area contributed by atoms with Gasteiger partial charge in [0.2, 0.25) is 0 Å². The number of nitrogens with zero attached hydrogens (tertiary/aromatic N) is 1. The molecule has 0 atom stereocenters. The van der Waals surface area contributed by atoms with Crippen molar-refractivity contribution in [2.45, 2.75) is 13.8 Å². The molecular weight excluding hydrogens is 361 g/mol. The second-order valence-electron chi connectivity index (χ2n) is 5.96. The molecule has 4 aromatic rings. The van der Waals surface area contributed by atoms with E-state index in [4.69, 9.17) is 4.74 Å². The molecule has 0 aliphatic rings. The normalized spacial score (nSPS) is 10.9. The van der Waals surface area contributed by atoms with Gasteiger partial charge in [0.15, 0.2) is 0 Å². The molecule has 0 unspecified atom stereocenters. The molecule has 0 bridgehead atoms. The third-order valence-corrected chi connectivity index (χ3v) is 5.90. The van der Waals surface area contributed by atoms with Crippen molar-refractivity contribution in [2.75, 3.05) is 0 Å². The third kappa shape index (κ3) is 3.01. The molecule has 0 N–H and O–H groups in total. The standard InChI is InChI=1S/C21H17NOSe/c1-14-8-15(2)10-17(9-14)23-21-11-18-19(13-24-20(18)12-22-21)16-6-4-3-5-7-16/h3-13H,1-2H3. The van der Waals surface area contributed by atoms with Crippen LogP contribution in [0.3, 0.4) is 0 Å². The van der Waals surface area contributed by atoms with Crippen LogP contribution >= 0.6 is 0 Å². The van der Waals surface area contributed by atoms with Gasteiger partial charge in [-0.2, -0.15) is 0 Å². The van der Waals surface area contributed by atoms with E-state index in [1.807, 2.05) is 24.4 Å². The van der Waals surface area contributed by atoms with Crippen molar-refractivity contribution in [3.05, 3.63) is 76.9 Å². The van der Waals surface area contributed by atoms with Crippen molar-refractivity contribution < 1.29 is 4.74 Å². The molecule has 2 aromatic heterocycles. The molecule has 0 fully saturated rings. The van der Waals surface area contributed by atoms with Crippen LogP contribution in [0.25, 0.3) is 20.8 Å². The summed E-state index contributed by atoms with van der Waals surface area (Å²) in [6, 6.07) is 18.8. The van der Waals surface area contributed by atoms with E-state index in [0.29, 0.717) is 20.4 Å². The number of benzene rings is 2. The van der Waals surface area contributed by atoms with Gasteiger partial charge in [0, 0.05) is 0 Å². The van der Waals surface area contributed by atoms with Crippen molar-refractivity contribution in [3.8, 4) is 22.8 Å². The molecule has 0 saturated heterocycles. The van der Waals surface area contributed by atoms with Crippen molar-refractivity contribution in [1.82, 2.24) is 4.98 Å². The molecule has 0 aliphatic carbocycles. The van der Waals surface area contributed by atoms with Crippen LogP contribution < -0.4 is 4.74 Å². The van der Waals surface area contributed by atoms with Crippen LogP contribution in [0.2, 0.25) is 0 Å². The summed E-state index contributed by atoms with van der Waals surface area (Å²) < 4.78 is 7.33. The molecular formula is C21H17NOSe. The fraction of sp³-hybridized carbons (Fsp3) is 0.0952. The summed E-state index contributed by atoms with van der Waals surface area (Å²) in [5.74, 6) is 1.49. The summed E-state index contributed by atoms with van der Waals surface area (Å²) in [7, 11) is 0. The summed E-state index contributed by atoms with van der Waals surface area (Å²) in [6.45, 7) is 4.16. The van der Waals surface area contributed by atoms with Gasteiger partial charge in [-0.15, -0.1) is 0 Å². The van der Waals surface area contributed by atoms with Crippen molar-refractivity contribution in [3.63, 3.8) is 0 Å². The predicted octanol–water partition coefficient (Wildman–Crippen LogP) is 5.37. The second kappa shape index (κ2) is 6.27. The molecule has 0 saturated carbocycles. The molecule has 24 heavy (non-hydrogen) atoms. The van der Waals surface area contributed by atoms with Gasteiger partial charge in [-0.1, -0.05) is 0 Å². The molecule has 0 radical (unpaired) electrons. The quantitative estimate of drug-likeness (QED) is 0.447. The molecule has 0 amide bonds. The van der Waals surface area contributed by atoms with Crippen LogP contribution in [0.15, 0.2) is 65.7 Å². The van der Waals surface area contributed by atoms with E-state index >= 15 is 0 Å². The summed E-state index contributed by atoms with van der Waals surface area (Å²) in [5.41, 5.74) is 4.93. The van der Waals surface area contributed by atoms with Gasteiger partial charge in [-0.05, 0) is 0 Å². The Labute approximate surface area is 147 Å². The molecule has 2 nitrogen and oxygen atoms in total. The Balaban J connectivity index is 1.75. The average molecular weight is 378 g/mol. The van der Waals surface area contributed by atoms with Gasteiger partial charge in [0.25, 0.3) is 0 Å². The van der Waals surface area contributed by atoms with Gasteiger partial charge in [0.1, 0.15) is 0 Å². The van der Waals surface area contributed by atoms with Crippen LogP contribution in [-0.4, -0.2) is 19.5 Å². The zero-order valence-electron chi connectivity index (χ0n) is 13.6. The molecule has 2 aromatic carbocycles. The Bertz CT molecular complexity index is 985. The first-order valence-electron chi connectivity index (χ1n) is 7.88. The Kier molecular flexibility index (Phi) is 3.97. The maximum atomic E-state index is 6.02. The number of aryl methyl sites for hydroxylation is 2. The molecule has 0 aliphatic heterocycles. The topological polar surface area (TPSA) is 22.1 Å². The first kappa shape index (κ1) is 15.2. The van der Waals surface area contributed by atoms with Gasteiger partial charge in [-0.25, -0.2) is 0 Å². The number of fused-ring (bicyclic) bond motifs is 1. The minimum atomic E-state index is 0.339. The van der Waals surface area contributed by atoms with E-state index in [1.165, 1.54) is 31.9 Å². The van der Waals surface area contributed by atoms with E-state index in [-0.39, 0.29) is 0 Å². The molecule has 118 valence electrons. The number of pyridine rings is 1. The van der Waals surface area contributed by atoms with Gasteiger partial charge in [0.05, 0.1) is 0 Å². The van der Waals surface area contributed by atoms with Crippen LogP contribution in [0.1, 0.15) is 11.1 Å². The zero-order chi connectivity index (χ0) is 16.5. The summed E-state index contributed by atoms with van der Waals surface area (Å²) >= 11 is 0.339. The summed E-state index contributed by atoms with van der Waals surface area (Å²) in [4.78, 5) is 6.82. The van der Waals surface area contributed by atoms with Crippen LogP contribution in [0.5, 0.6) is 11.6 Å². The maximum absolute atomic E-state index is 6.02. The van der Waals surface area contributed by atoms with Crippen molar-refractivity contribution >= 4 is 24.1 Å². The Hall–Kier alpha value is -2.35. The second-order valence-corrected chi connectivity index (χ2v) is 7.87. The van der Waals surface area contributed by atoms with Gasteiger partial charge < -0.3 is 0 Å². The van der Waals surface area contributed by atoms with E-state index in [1.54, 1.807) is 0 Å². The number of hydrogen-bond acceptors (Lipinski definition) is 2. The van der Waals surface area contributed by atoms with E-state index in [9.17, 15) is 0 Å². The molecule has 0 spiro atoms. The van der Waals surface area contributed by atoms with Crippen LogP contribution in [0, 0.1) is 13.8 Å². The van der Waals surface area contributed by atoms with Gasteiger partial charge >= 0.3 is 147 Å². The molecule has 2 heterocycles. The van der Waals surface area contributed by atoms with Crippen LogP contribution in [-0.2, 0) is 0 Å². The number of aromatic nitrogens is 1. The third-order valence-electron chi connectivity index (χ3n) is 3.94.